The molecule has 0 saturated carbocycles. The molecule has 2 unspecified atom stereocenters. The number of carbonyl (C=O) groups is 2. The maximum absolute atomic E-state index is 11.5. The van der Waals surface area contributed by atoms with Crippen LogP contribution in [0.3, 0.4) is 0 Å². The number of H-pyrrole nitrogens is 1. The van der Waals surface area contributed by atoms with Crippen molar-refractivity contribution in [1.82, 2.24) is 29.5 Å². The molecule has 2 fully saturated rings. The third kappa shape index (κ3) is 6.60. The number of aromatic nitrogens is 6. The fourth-order valence-electron chi connectivity index (χ4n) is 3.99. The number of aliphatic hydroxyl groups is 1. The number of phosphoric ester groups is 1. The number of imidazole rings is 2. The zero-order valence-electron chi connectivity index (χ0n) is 20.7. The summed E-state index contributed by atoms with van der Waals surface area (Å²) in [6.45, 7) is -0.157. The number of carboxylic acid groups (broad SMARTS) is 2. The molecule has 5 rings (SSSR count). The zero-order chi connectivity index (χ0) is 29.2. The number of hydrogen-bond donors (Lipinski definition) is 8. The molecule has 3 aromatic heterocycles. The lowest BCUT2D eigenvalue weighted by molar-refractivity contribution is -0.139. The van der Waals surface area contributed by atoms with Crippen LogP contribution in [0, 0.1) is 0 Å². The number of carboxylic acids is 2. The quantitative estimate of drug-likeness (QED) is 0.131. The Morgan fingerprint density at radius 2 is 1.93 bits per heavy atom. The number of aliphatic hydroxyl groups excluding tert-OH is 1. The minimum absolute atomic E-state index is 0.122. The maximum Gasteiger partial charge on any atom is 0.472 e. The number of nitrogen functional groups attached to an aromatic ring is 1. The molecule has 2 aliphatic heterocycles. The van der Waals surface area contributed by atoms with E-state index in [1.54, 1.807) is 6.20 Å². The molecule has 0 spiro atoms. The molecule has 0 radical (unpaired) electrons. The van der Waals surface area contributed by atoms with E-state index in [-0.39, 0.29) is 25.3 Å². The van der Waals surface area contributed by atoms with Gasteiger partial charge in [0, 0.05) is 19.0 Å². The van der Waals surface area contributed by atoms with Gasteiger partial charge in [0.25, 0.3) is 0 Å². The van der Waals surface area contributed by atoms with E-state index in [2.05, 4.69) is 29.4 Å². The minimum Gasteiger partial charge on any atom is -0.480 e. The largest absolute Gasteiger partial charge is 0.480 e. The van der Waals surface area contributed by atoms with Crippen molar-refractivity contribution in [1.29, 1.82) is 0 Å². The summed E-state index contributed by atoms with van der Waals surface area (Å²) in [4.78, 5) is 49.4. The van der Waals surface area contributed by atoms with E-state index < -0.39 is 56.4 Å². The average Bonchev–Trinajstić information content (AvgIpc) is 3.60. The molecule has 5 heterocycles. The van der Waals surface area contributed by atoms with E-state index in [9.17, 15) is 24.2 Å². The summed E-state index contributed by atoms with van der Waals surface area (Å²) in [5.74, 6) is -1.38. The van der Waals surface area contributed by atoms with Crippen molar-refractivity contribution in [2.24, 2.45) is 11.5 Å². The van der Waals surface area contributed by atoms with Gasteiger partial charge in [-0.2, -0.15) is 0 Å². The third-order valence-corrected chi connectivity index (χ3v) is 7.05. The number of aliphatic carboxylic acids is 2. The first-order chi connectivity index (χ1) is 18.9. The zero-order valence-corrected chi connectivity index (χ0v) is 21.6. The molecular weight excluding hydrogens is 557 g/mol. The number of nitrogens with two attached hydrogens (primary N) is 3. The van der Waals surface area contributed by atoms with Gasteiger partial charge >= 0.3 is 19.8 Å². The summed E-state index contributed by atoms with van der Waals surface area (Å²) in [6.07, 6.45) is 1.26. The Kier molecular flexibility index (Phi) is 8.76. The van der Waals surface area contributed by atoms with E-state index in [1.807, 2.05) is 0 Å². The Hall–Kier alpha value is -3.55. The summed E-state index contributed by atoms with van der Waals surface area (Å²) in [6, 6.07) is -1.93. The topological polar surface area (TPSA) is 310 Å². The summed E-state index contributed by atoms with van der Waals surface area (Å²) in [5.41, 5.74) is 17.7. The first-order valence-corrected chi connectivity index (χ1v) is 13.3. The van der Waals surface area contributed by atoms with E-state index >= 15 is 0 Å². The van der Waals surface area contributed by atoms with Gasteiger partial charge in [-0.15, -0.1) is 0 Å². The number of aromatic amines is 1. The first kappa shape index (κ1) is 29.4. The molecule has 0 amide bonds. The van der Waals surface area contributed by atoms with Crippen LogP contribution in [-0.2, 0) is 40.8 Å². The van der Waals surface area contributed by atoms with Crippen molar-refractivity contribution in [3.05, 3.63) is 30.4 Å². The monoisotopic (exact) mass is 585 g/mol. The molecule has 3 aromatic rings. The normalized spacial score (nSPS) is 27.4. The molecule has 20 heteroatoms. The molecule has 19 nitrogen and oxygen atoms in total. The van der Waals surface area contributed by atoms with Crippen LogP contribution >= 0.6 is 7.82 Å². The summed E-state index contributed by atoms with van der Waals surface area (Å²) in [5, 5.41) is 27.6. The Bertz CT molecular complexity index is 1420. The predicted molar refractivity (Wildman–Crippen MR) is 132 cm³/mol. The first-order valence-electron chi connectivity index (χ1n) is 11.8. The Balaban J connectivity index is 0.000000190. The van der Waals surface area contributed by atoms with Crippen molar-refractivity contribution in [3.8, 4) is 0 Å². The van der Waals surface area contributed by atoms with Gasteiger partial charge < -0.3 is 47.1 Å². The van der Waals surface area contributed by atoms with Crippen molar-refractivity contribution in [2.45, 2.75) is 55.9 Å². The third-order valence-electron chi connectivity index (χ3n) is 6.07. The number of nitrogens with zero attached hydrogens (tertiary/aromatic N) is 5. The van der Waals surface area contributed by atoms with Gasteiger partial charge in [0.15, 0.2) is 17.7 Å². The molecule has 2 saturated heterocycles. The number of anilines is 1. The second-order valence-electron chi connectivity index (χ2n) is 8.94. The van der Waals surface area contributed by atoms with Gasteiger partial charge in [0.1, 0.15) is 48.1 Å². The van der Waals surface area contributed by atoms with Crippen LogP contribution in [0.4, 0.5) is 5.82 Å². The van der Waals surface area contributed by atoms with Gasteiger partial charge in [0.05, 0.1) is 18.6 Å². The van der Waals surface area contributed by atoms with Crippen LogP contribution in [0.5, 0.6) is 0 Å². The standard InChI is InChI=1S/C10H12N5O6P.C10H16N4O4/c11-8-5-9(13-2-12-8)15(3-14-5)10-6(16)7-4(20-10)1-19-22(17,18)21-7;11-6(9(15)16)1-2-8-13-4-5(14-8)3-7(12)10(17)18/h2-4,6-7,10,16H,1H2,(H,17,18)(H2,11,12,13);4,6-7H,1-3,11-12H2,(H,13,14)(H,15,16)(H,17,18)/t4-,6-,7-,10-;6?,7-/m10/s1. The highest BCUT2D eigenvalue weighted by Gasteiger charge is 2.52. The number of fused-ring (bicyclic) bond motifs is 2. The van der Waals surface area contributed by atoms with Crippen molar-refractivity contribution in [2.75, 3.05) is 12.3 Å². The van der Waals surface area contributed by atoms with E-state index in [0.717, 1.165) is 0 Å². The molecule has 0 aromatic carbocycles. The maximum atomic E-state index is 11.5. The van der Waals surface area contributed by atoms with E-state index in [1.165, 1.54) is 17.2 Å². The van der Waals surface area contributed by atoms with Crippen LogP contribution in [0.15, 0.2) is 18.9 Å². The van der Waals surface area contributed by atoms with Crippen LogP contribution in [-0.4, -0.2) is 98.6 Å². The van der Waals surface area contributed by atoms with Gasteiger partial charge in [-0.05, 0) is 6.42 Å². The number of phosphoric acid groups is 1. The van der Waals surface area contributed by atoms with Crippen molar-refractivity contribution in [3.63, 3.8) is 0 Å². The number of ether oxygens (including phenoxy) is 1. The fourth-order valence-corrected chi connectivity index (χ4v) is 4.95. The molecule has 218 valence electrons. The summed E-state index contributed by atoms with van der Waals surface area (Å²) < 4.78 is 28.2. The summed E-state index contributed by atoms with van der Waals surface area (Å²) >= 11 is 0. The van der Waals surface area contributed by atoms with E-state index in [4.69, 9.17) is 36.7 Å². The number of hydrogen-bond acceptors (Lipinski definition) is 14. The van der Waals surface area contributed by atoms with Gasteiger partial charge in [0.2, 0.25) is 0 Å². The molecule has 7 atom stereocenters. The second kappa shape index (κ2) is 11.9. The average molecular weight is 585 g/mol. The number of rotatable bonds is 8. The Morgan fingerprint density at radius 3 is 2.62 bits per heavy atom. The predicted octanol–water partition coefficient (Wildman–Crippen LogP) is -2.11. The van der Waals surface area contributed by atoms with E-state index in [0.29, 0.717) is 29.1 Å². The van der Waals surface area contributed by atoms with Crippen LogP contribution in [0.25, 0.3) is 11.2 Å². The highest BCUT2D eigenvalue weighted by atomic mass is 31.2. The smallest absolute Gasteiger partial charge is 0.472 e. The number of nitrogens with one attached hydrogen (secondary N) is 1. The Labute approximate surface area is 224 Å². The van der Waals surface area contributed by atoms with Gasteiger partial charge in [-0.3, -0.25) is 23.2 Å². The molecular formula is C20H28N9O10P. The SMILES string of the molecule is NC(CCc1nc(C[C@H](N)C(=O)O)c[nH]1)C(=O)O.Nc1ncnc2c1ncn2[C@@H]1O[C@@H]2COP(=O)(O)O[C@H]2[C@H]1O. The minimum atomic E-state index is -4.16. The molecule has 40 heavy (non-hydrogen) atoms. The van der Waals surface area contributed by atoms with Crippen LogP contribution in [0.2, 0.25) is 0 Å². The highest BCUT2D eigenvalue weighted by molar-refractivity contribution is 7.47. The summed E-state index contributed by atoms with van der Waals surface area (Å²) in [7, 11) is -4.16. The molecule has 0 aliphatic carbocycles. The lowest BCUT2D eigenvalue weighted by Gasteiger charge is -2.27. The van der Waals surface area contributed by atoms with Crippen molar-refractivity contribution < 1.29 is 48.2 Å². The van der Waals surface area contributed by atoms with Crippen molar-refractivity contribution >= 4 is 36.7 Å². The lowest BCUT2D eigenvalue weighted by atomic mass is 10.1. The second-order valence-corrected chi connectivity index (χ2v) is 10.3. The van der Waals surface area contributed by atoms with Gasteiger partial charge in [-0.25, -0.2) is 24.5 Å². The molecule has 11 N–H and O–H groups in total. The fraction of sp³-hybridized carbons (Fsp3) is 0.500. The highest BCUT2D eigenvalue weighted by Crippen LogP contribution is 2.52. The molecule has 2 aliphatic rings. The number of aryl methyl sites for hydroxylation is 1. The van der Waals surface area contributed by atoms with Gasteiger partial charge in [-0.1, -0.05) is 0 Å². The molecule has 0 bridgehead atoms. The van der Waals surface area contributed by atoms with Crippen LogP contribution in [0.1, 0.15) is 24.2 Å². The Morgan fingerprint density at radius 1 is 1.20 bits per heavy atom. The van der Waals surface area contributed by atoms with Crippen LogP contribution < -0.4 is 17.2 Å². The lowest BCUT2D eigenvalue weighted by Crippen LogP contribution is -2.39.